The molecule has 0 saturated carbocycles. The molecular weight excluding hydrogens is 296 g/mol. The van der Waals surface area contributed by atoms with E-state index in [1.165, 1.54) is 6.26 Å². The molecule has 6 heteroatoms. The normalized spacial score (nSPS) is 11.8. The summed E-state index contributed by atoms with van der Waals surface area (Å²) in [6, 6.07) is 6.36. The summed E-state index contributed by atoms with van der Waals surface area (Å²) in [6.07, 6.45) is 1.43. The minimum Gasteiger partial charge on any atom is -0.467 e. The van der Waals surface area contributed by atoms with E-state index in [-0.39, 0.29) is 6.61 Å². The summed E-state index contributed by atoms with van der Waals surface area (Å²) in [5.41, 5.74) is 3.47. The summed E-state index contributed by atoms with van der Waals surface area (Å²) in [4.78, 5) is 24.1. The van der Waals surface area contributed by atoms with E-state index in [1.807, 2.05) is 32.9 Å². The summed E-state index contributed by atoms with van der Waals surface area (Å²) in [7, 11) is 0. The second-order valence-electron chi connectivity index (χ2n) is 5.45. The smallest absolute Gasteiger partial charge is 0.313 e. The Kier molecular flexibility index (Phi) is 5.18. The zero-order valence-electron chi connectivity index (χ0n) is 13.3. The fourth-order valence-corrected chi connectivity index (χ4v) is 2.47. The van der Waals surface area contributed by atoms with Gasteiger partial charge in [0.05, 0.1) is 12.9 Å². The minimum atomic E-state index is -0.833. The first-order valence-electron chi connectivity index (χ1n) is 7.26. The average Bonchev–Trinajstić information content (AvgIpc) is 3.02. The molecule has 0 radical (unpaired) electrons. The second kappa shape index (κ2) is 7.11. The van der Waals surface area contributed by atoms with Gasteiger partial charge in [0.25, 0.3) is 0 Å². The maximum atomic E-state index is 12.1. The van der Waals surface area contributed by atoms with Gasteiger partial charge in [0.15, 0.2) is 0 Å². The van der Waals surface area contributed by atoms with Crippen LogP contribution >= 0.6 is 0 Å². The molecule has 3 N–H and O–H groups in total. The SMILES string of the molecule is Cc1cc(C)c(NC(=O)C(=O)NC(CO)c2ccco2)c(C)c1. The Morgan fingerprint density at radius 2 is 1.83 bits per heavy atom. The molecule has 1 unspecified atom stereocenters. The van der Waals surface area contributed by atoms with Gasteiger partial charge >= 0.3 is 11.8 Å². The van der Waals surface area contributed by atoms with E-state index >= 15 is 0 Å². The third kappa shape index (κ3) is 3.98. The number of furan rings is 1. The van der Waals surface area contributed by atoms with Gasteiger partial charge < -0.3 is 20.2 Å². The summed E-state index contributed by atoms with van der Waals surface area (Å²) >= 11 is 0. The van der Waals surface area contributed by atoms with Crippen LogP contribution in [0.3, 0.4) is 0 Å². The van der Waals surface area contributed by atoms with Crippen LogP contribution in [0.15, 0.2) is 34.9 Å². The molecular formula is C17H20N2O4. The van der Waals surface area contributed by atoms with Gasteiger partial charge in [-0.05, 0) is 44.0 Å². The van der Waals surface area contributed by atoms with Crippen LogP contribution in [0.1, 0.15) is 28.5 Å². The first kappa shape index (κ1) is 16.8. The van der Waals surface area contributed by atoms with E-state index < -0.39 is 17.9 Å². The fraction of sp³-hybridized carbons (Fsp3) is 0.294. The maximum absolute atomic E-state index is 12.1. The molecule has 1 atom stereocenters. The molecule has 2 rings (SSSR count). The lowest BCUT2D eigenvalue weighted by Crippen LogP contribution is -2.39. The quantitative estimate of drug-likeness (QED) is 0.752. The number of aliphatic hydroxyl groups excluding tert-OH is 1. The molecule has 0 spiro atoms. The van der Waals surface area contributed by atoms with Gasteiger partial charge in [-0.15, -0.1) is 0 Å². The minimum absolute atomic E-state index is 0.366. The molecule has 0 aliphatic carbocycles. The molecule has 1 aromatic heterocycles. The molecule has 0 saturated heterocycles. The van der Waals surface area contributed by atoms with Crippen LogP contribution < -0.4 is 10.6 Å². The topological polar surface area (TPSA) is 91.6 Å². The first-order chi connectivity index (χ1) is 10.9. The van der Waals surface area contributed by atoms with Crippen molar-refractivity contribution in [3.05, 3.63) is 53.0 Å². The molecule has 6 nitrogen and oxygen atoms in total. The van der Waals surface area contributed by atoms with E-state index in [0.717, 1.165) is 16.7 Å². The van der Waals surface area contributed by atoms with Gasteiger partial charge in [-0.1, -0.05) is 17.7 Å². The number of carbonyl (C=O) groups excluding carboxylic acids is 2. The van der Waals surface area contributed by atoms with Crippen LogP contribution in [-0.4, -0.2) is 23.5 Å². The maximum Gasteiger partial charge on any atom is 0.313 e. The lowest BCUT2D eigenvalue weighted by Gasteiger charge is -2.15. The van der Waals surface area contributed by atoms with Crippen molar-refractivity contribution in [2.45, 2.75) is 26.8 Å². The van der Waals surface area contributed by atoms with Crippen molar-refractivity contribution in [2.75, 3.05) is 11.9 Å². The van der Waals surface area contributed by atoms with Crippen molar-refractivity contribution < 1.29 is 19.1 Å². The van der Waals surface area contributed by atoms with Crippen molar-refractivity contribution in [3.8, 4) is 0 Å². The van der Waals surface area contributed by atoms with Gasteiger partial charge in [-0.25, -0.2) is 0 Å². The number of aliphatic hydroxyl groups is 1. The Hall–Kier alpha value is -2.60. The number of aryl methyl sites for hydroxylation is 3. The summed E-state index contributed by atoms with van der Waals surface area (Å²) in [5.74, 6) is -1.23. The Labute approximate surface area is 134 Å². The van der Waals surface area contributed by atoms with Gasteiger partial charge in [0.2, 0.25) is 0 Å². The van der Waals surface area contributed by atoms with Crippen molar-refractivity contribution in [1.82, 2.24) is 5.32 Å². The van der Waals surface area contributed by atoms with Crippen molar-refractivity contribution in [3.63, 3.8) is 0 Å². The molecule has 0 bridgehead atoms. The number of rotatable bonds is 4. The van der Waals surface area contributed by atoms with Crippen LogP contribution in [-0.2, 0) is 9.59 Å². The summed E-state index contributed by atoms with van der Waals surface area (Å²) < 4.78 is 5.13. The van der Waals surface area contributed by atoms with E-state index in [0.29, 0.717) is 11.4 Å². The predicted octanol–water partition coefficient (Wildman–Crippen LogP) is 1.99. The molecule has 0 aliphatic heterocycles. The van der Waals surface area contributed by atoms with Crippen LogP contribution in [0.25, 0.3) is 0 Å². The summed E-state index contributed by atoms with van der Waals surface area (Å²) in [6.45, 7) is 5.34. The highest BCUT2D eigenvalue weighted by atomic mass is 16.3. The fourth-order valence-electron chi connectivity index (χ4n) is 2.47. The van der Waals surface area contributed by atoms with Gasteiger partial charge in [-0.2, -0.15) is 0 Å². The van der Waals surface area contributed by atoms with E-state index in [9.17, 15) is 14.7 Å². The number of carbonyl (C=O) groups is 2. The van der Waals surface area contributed by atoms with Gasteiger partial charge in [0.1, 0.15) is 11.8 Å². The molecule has 0 fully saturated rings. The lowest BCUT2D eigenvalue weighted by atomic mass is 10.1. The van der Waals surface area contributed by atoms with Gasteiger partial charge in [-0.3, -0.25) is 9.59 Å². The molecule has 1 aromatic carbocycles. The number of hydrogen-bond donors (Lipinski definition) is 3. The summed E-state index contributed by atoms with van der Waals surface area (Å²) in [5, 5.41) is 14.4. The highest BCUT2D eigenvalue weighted by molar-refractivity contribution is 6.39. The van der Waals surface area contributed by atoms with E-state index in [4.69, 9.17) is 4.42 Å². The van der Waals surface area contributed by atoms with E-state index in [1.54, 1.807) is 12.1 Å². The zero-order chi connectivity index (χ0) is 17.0. The van der Waals surface area contributed by atoms with Crippen molar-refractivity contribution in [1.29, 1.82) is 0 Å². The zero-order valence-corrected chi connectivity index (χ0v) is 13.3. The second-order valence-corrected chi connectivity index (χ2v) is 5.45. The monoisotopic (exact) mass is 316 g/mol. The molecule has 0 aliphatic rings. The van der Waals surface area contributed by atoms with Crippen molar-refractivity contribution in [2.24, 2.45) is 0 Å². The largest absolute Gasteiger partial charge is 0.467 e. The average molecular weight is 316 g/mol. The first-order valence-corrected chi connectivity index (χ1v) is 7.26. The number of benzene rings is 1. The lowest BCUT2D eigenvalue weighted by molar-refractivity contribution is -0.136. The number of anilines is 1. The molecule has 1 heterocycles. The van der Waals surface area contributed by atoms with Crippen LogP contribution in [0.5, 0.6) is 0 Å². The molecule has 122 valence electrons. The number of nitrogens with one attached hydrogen (secondary N) is 2. The molecule has 2 amide bonds. The Bertz CT molecular complexity index is 684. The van der Waals surface area contributed by atoms with Crippen LogP contribution in [0.2, 0.25) is 0 Å². The predicted molar refractivity (Wildman–Crippen MR) is 86.0 cm³/mol. The molecule has 23 heavy (non-hydrogen) atoms. The van der Waals surface area contributed by atoms with Crippen molar-refractivity contribution >= 4 is 17.5 Å². The Morgan fingerprint density at radius 1 is 1.17 bits per heavy atom. The third-order valence-electron chi connectivity index (χ3n) is 3.50. The number of amides is 2. The third-order valence-corrected chi connectivity index (χ3v) is 3.50. The highest BCUT2D eigenvalue weighted by Gasteiger charge is 2.22. The van der Waals surface area contributed by atoms with Gasteiger partial charge in [0, 0.05) is 5.69 Å². The Morgan fingerprint density at radius 3 is 2.35 bits per heavy atom. The Balaban J connectivity index is 2.07. The van der Waals surface area contributed by atoms with Crippen LogP contribution in [0, 0.1) is 20.8 Å². The molecule has 2 aromatic rings. The van der Waals surface area contributed by atoms with E-state index in [2.05, 4.69) is 10.6 Å². The van der Waals surface area contributed by atoms with Crippen LogP contribution in [0.4, 0.5) is 5.69 Å². The highest BCUT2D eigenvalue weighted by Crippen LogP contribution is 2.22. The number of hydrogen-bond acceptors (Lipinski definition) is 4. The standard InChI is InChI=1S/C17H20N2O4/c1-10-7-11(2)15(12(3)8-10)19-17(22)16(21)18-13(9-20)14-5-4-6-23-14/h4-8,13,20H,9H2,1-3H3,(H,18,21)(H,19,22).